The molecule has 3 N–H and O–H groups in total. The number of rotatable bonds is 6. The number of carbonyl (C=O) groups is 2. The average molecular weight is 283 g/mol. The van der Waals surface area contributed by atoms with E-state index in [0.29, 0.717) is 5.56 Å². The number of thioether (sulfide) groups is 1. The van der Waals surface area contributed by atoms with Gasteiger partial charge in [-0.25, -0.2) is 4.79 Å². The van der Waals surface area contributed by atoms with E-state index in [1.54, 1.807) is 17.8 Å². The maximum absolute atomic E-state index is 11.9. The van der Waals surface area contributed by atoms with Crippen LogP contribution < -0.4 is 5.32 Å². The number of carbonyl (C=O) groups excluding carboxylic acids is 1. The van der Waals surface area contributed by atoms with E-state index in [1.807, 2.05) is 25.3 Å². The Morgan fingerprint density at radius 2 is 2.11 bits per heavy atom. The summed E-state index contributed by atoms with van der Waals surface area (Å²) in [7, 11) is 0. The monoisotopic (exact) mass is 283 g/mol. The number of aliphatic hydroxyl groups is 1. The molecule has 6 heteroatoms. The van der Waals surface area contributed by atoms with Crippen LogP contribution in [0.2, 0.25) is 0 Å². The number of aliphatic hydroxyl groups excluding tert-OH is 1. The van der Waals surface area contributed by atoms with Gasteiger partial charge in [0.05, 0.1) is 0 Å². The van der Waals surface area contributed by atoms with Gasteiger partial charge >= 0.3 is 5.97 Å². The minimum absolute atomic E-state index is 0.0116. The van der Waals surface area contributed by atoms with Crippen LogP contribution in [0.1, 0.15) is 22.3 Å². The molecule has 1 aromatic carbocycles. The highest BCUT2D eigenvalue weighted by Gasteiger charge is 2.14. The average Bonchev–Trinajstić information content (AvgIpc) is 2.38. The van der Waals surface area contributed by atoms with Crippen molar-refractivity contribution in [2.75, 3.05) is 12.8 Å². The molecule has 0 fully saturated rings. The zero-order valence-corrected chi connectivity index (χ0v) is 11.7. The topological polar surface area (TPSA) is 86.6 Å². The molecule has 19 heavy (non-hydrogen) atoms. The van der Waals surface area contributed by atoms with Crippen molar-refractivity contribution in [2.45, 2.75) is 24.3 Å². The molecule has 0 radical (unpaired) electrons. The van der Waals surface area contributed by atoms with Gasteiger partial charge in [-0.05, 0) is 30.9 Å². The third-order valence-corrected chi connectivity index (χ3v) is 3.40. The van der Waals surface area contributed by atoms with E-state index in [2.05, 4.69) is 5.32 Å². The molecule has 0 spiro atoms. The zero-order valence-electron chi connectivity index (χ0n) is 10.8. The summed E-state index contributed by atoms with van der Waals surface area (Å²) in [4.78, 5) is 23.3. The van der Waals surface area contributed by atoms with Gasteiger partial charge in [0.25, 0.3) is 5.91 Å². The molecule has 1 atom stereocenters. The Morgan fingerprint density at radius 3 is 2.68 bits per heavy atom. The summed E-state index contributed by atoms with van der Waals surface area (Å²) in [5.41, 5.74) is 1.42. The third kappa shape index (κ3) is 4.57. The largest absolute Gasteiger partial charge is 0.479 e. The van der Waals surface area contributed by atoms with Gasteiger partial charge in [0.2, 0.25) is 0 Å². The molecule has 104 valence electrons. The summed E-state index contributed by atoms with van der Waals surface area (Å²) in [6.45, 7) is 1.96. The lowest BCUT2D eigenvalue weighted by Crippen LogP contribution is -2.30. The van der Waals surface area contributed by atoms with Crippen molar-refractivity contribution in [3.63, 3.8) is 0 Å². The van der Waals surface area contributed by atoms with Crippen LogP contribution in [-0.4, -0.2) is 41.0 Å². The van der Waals surface area contributed by atoms with Crippen molar-refractivity contribution in [3.8, 4) is 0 Å². The predicted molar refractivity (Wildman–Crippen MR) is 73.6 cm³/mol. The summed E-state index contributed by atoms with van der Waals surface area (Å²) in [5.74, 6) is -1.54. The number of nitrogens with one attached hydrogen (secondary N) is 1. The lowest BCUT2D eigenvalue weighted by molar-refractivity contribution is -0.146. The first-order valence-electron chi connectivity index (χ1n) is 5.79. The van der Waals surface area contributed by atoms with Crippen molar-refractivity contribution in [2.24, 2.45) is 0 Å². The Balaban J connectivity index is 2.61. The number of aryl methyl sites for hydroxylation is 1. The molecular weight excluding hydrogens is 266 g/mol. The Kier molecular flexibility index (Phi) is 5.85. The van der Waals surface area contributed by atoms with Gasteiger partial charge in [-0.2, -0.15) is 0 Å². The number of amides is 1. The molecule has 1 aromatic rings. The first kappa shape index (κ1) is 15.5. The second-order valence-electron chi connectivity index (χ2n) is 4.08. The normalized spacial score (nSPS) is 11.9. The van der Waals surface area contributed by atoms with Crippen molar-refractivity contribution in [1.82, 2.24) is 5.32 Å². The highest BCUT2D eigenvalue weighted by Crippen LogP contribution is 2.18. The smallest absolute Gasteiger partial charge is 0.332 e. The van der Waals surface area contributed by atoms with Crippen LogP contribution in [0.5, 0.6) is 0 Å². The molecule has 0 aliphatic rings. The first-order chi connectivity index (χ1) is 8.95. The standard InChI is InChI=1S/C13H17NO4S/c1-8-3-4-9(19-2)7-10(8)12(16)14-6-5-11(15)13(17)18/h3-4,7,11,15H,5-6H2,1-2H3,(H,14,16)(H,17,18). The van der Waals surface area contributed by atoms with Gasteiger partial charge in [-0.15, -0.1) is 11.8 Å². The van der Waals surface area contributed by atoms with E-state index in [4.69, 9.17) is 10.2 Å². The molecular formula is C13H17NO4S. The maximum atomic E-state index is 11.9. The minimum Gasteiger partial charge on any atom is -0.479 e. The fourth-order valence-electron chi connectivity index (χ4n) is 1.51. The van der Waals surface area contributed by atoms with Crippen molar-refractivity contribution >= 4 is 23.6 Å². The fourth-order valence-corrected chi connectivity index (χ4v) is 1.95. The summed E-state index contributed by atoms with van der Waals surface area (Å²) in [6, 6.07) is 5.60. The van der Waals surface area contributed by atoms with Crippen LogP contribution in [0.4, 0.5) is 0 Å². The van der Waals surface area contributed by atoms with Crippen molar-refractivity contribution < 1.29 is 19.8 Å². The van der Waals surface area contributed by atoms with Crippen LogP contribution in [-0.2, 0) is 4.79 Å². The second kappa shape index (κ2) is 7.16. The van der Waals surface area contributed by atoms with Crippen molar-refractivity contribution in [1.29, 1.82) is 0 Å². The molecule has 1 amide bonds. The second-order valence-corrected chi connectivity index (χ2v) is 4.96. The number of carboxylic acids is 1. The molecule has 0 aromatic heterocycles. The van der Waals surface area contributed by atoms with Crippen LogP contribution in [0.25, 0.3) is 0 Å². The molecule has 0 bridgehead atoms. The van der Waals surface area contributed by atoms with E-state index < -0.39 is 12.1 Å². The van der Waals surface area contributed by atoms with Crippen LogP contribution in [0.15, 0.2) is 23.1 Å². The quantitative estimate of drug-likeness (QED) is 0.685. The molecule has 1 rings (SSSR count). The Bertz CT molecular complexity index is 476. The summed E-state index contributed by atoms with van der Waals surface area (Å²) in [5, 5.41) is 20.2. The molecule has 0 saturated heterocycles. The Morgan fingerprint density at radius 1 is 1.42 bits per heavy atom. The number of hydrogen-bond acceptors (Lipinski definition) is 4. The molecule has 0 saturated carbocycles. The number of benzene rings is 1. The number of aliphatic carboxylic acids is 1. The lowest BCUT2D eigenvalue weighted by atomic mass is 10.1. The Labute approximate surface area is 116 Å². The molecule has 0 aliphatic carbocycles. The van der Waals surface area contributed by atoms with E-state index in [0.717, 1.165) is 10.5 Å². The van der Waals surface area contributed by atoms with E-state index in [1.165, 1.54) is 0 Å². The van der Waals surface area contributed by atoms with Crippen LogP contribution in [0.3, 0.4) is 0 Å². The summed E-state index contributed by atoms with van der Waals surface area (Å²) in [6.07, 6.45) is 0.469. The van der Waals surface area contributed by atoms with Crippen molar-refractivity contribution in [3.05, 3.63) is 29.3 Å². The summed E-state index contributed by atoms with van der Waals surface area (Å²) < 4.78 is 0. The van der Waals surface area contributed by atoms with Gasteiger partial charge in [0.1, 0.15) is 0 Å². The molecule has 0 heterocycles. The van der Waals surface area contributed by atoms with E-state index in [9.17, 15) is 9.59 Å². The molecule has 0 aliphatic heterocycles. The molecule has 5 nitrogen and oxygen atoms in total. The van der Waals surface area contributed by atoms with Crippen LogP contribution in [0, 0.1) is 6.92 Å². The zero-order chi connectivity index (χ0) is 14.4. The van der Waals surface area contributed by atoms with Gasteiger partial charge in [0, 0.05) is 23.4 Å². The number of carboxylic acid groups (broad SMARTS) is 1. The maximum Gasteiger partial charge on any atom is 0.332 e. The van der Waals surface area contributed by atoms with E-state index in [-0.39, 0.29) is 18.9 Å². The number of hydrogen-bond donors (Lipinski definition) is 3. The minimum atomic E-state index is -1.45. The van der Waals surface area contributed by atoms with Gasteiger partial charge in [-0.1, -0.05) is 6.07 Å². The van der Waals surface area contributed by atoms with E-state index >= 15 is 0 Å². The van der Waals surface area contributed by atoms with Gasteiger partial charge < -0.3 is 15.5 Å². The highest BCUT2D eigenvalue weighted by molar-refractivity contribution is 7.98. The predicted octanol–water partition coefficient (Wildman–Crippen LogP) is 1.28. The SMILES string of the molecule is CSc1ccc(C)c(C(=O)NCCC(O)C(=O)O)c1. The summed E-state index contributed by atoms with van der Waals surface area (Å²) >= 11 is 1.54. The van der Waals surface area contributed by atoms with Crippen LogP contribution >= 0.6 is 11.8 Å². The van der Waals surface area contributed by atoms with Gasteiger partial charge in [0.15, 0.2) is 6.10 Å². The first-order valence-corrected chi connectivity index (χ1v) is 7.02. The lowest BCUT2D eigenvalue weighted by Gasteiger charge is -2.10. The highest BCUT2D eigenvalue weighted by atomic mass is 32.2. The third-order valence-electron chi connectivity index (χ3n) is 2.68. The van der Waals surface area contributed by atoms with Gasteiger partial charge in [-0.3, -0.25) is 4.79 Å². The Hall–Kier alpha value is -1.53. The fraction of sp³-hybridized carbons (Fsp3) is 0.385. The molecule has 1 unspecified atom stereocenters.